The molecule has 1 heterocycles. The highest BCUT2D eigenvalue weighted by atomic mass is 16.1. The number of carbonyl (C=O) groups excluding carboxylic acids is 1. The molecule has 1 fully saturated rings. The van der Waals surface area contributed by atoms with Gasteiger partial charge in [0.15, 0.2) is 0 Å². The molecule has 0 bridgehead atoms. The second-order valence-corrected chi connectivity index (χ2v) is 6.19. The van der Waals surface area contributed by atoms with Crippen LogP contribution in [-0.2, 0) is 6.42 Å². The molecular weight excluding hydrogens is 286 g/mol. The van der Waals surface area contributed by atoms with Gasteiger partial charge in [0.05, 0.1) is 17.2 Å². The van der Waals surface area contributed by atoms with E-state index >= 15 is 0 Å². The number of aromatic nitrogens is 1. The third-order valence-corrected chi connectivity index (χ3v) is 4.50. The maximum Gasteiger partial charge on any atom is 0.251 e. The third-order valence-electron chi connectivity index (χ3n) is 4.50. The van der Waals surface area contributed by atoms with Crippen molar-refractivity contribution in [2.45, 2.75) is 45.6 Å². The molecule has 0 radical (unpaired) electrons. The van der Waals surface area contributed by atoms with Gasteiger partial charge in [-0.25, -0.2) is 0 Å². The van der Waals surface area contributed by atoms with Gasteiger partial charge in [-0.2, -0.15) is 5.26 Å². The molecule has 2 N–H and O–H groups in total. The minimum absolute atomic E-state index is 0.376. The van der Waals surface area contributed by atoms with Crippen molar-refractivity contribution < 1.29 is 4.79 Å². The number of nitriles is 1. The lowest BCUT2D eigenvalue weighted by molar-refractivity contribution is 0.1000. The Hall–Kier alpha value is -2.54. The minimum atomic E-state index is -0.376. The Morgan fingerprint density at radius 2 is 2.00 bits per heavy atom. The summed E-state index contributed by atoms with van der Waals surface area (Å²) in [5.41, 5.74) is 11.0. The molecule has 0 aliphatic heterocycles. The predicted molar refractivity (Wildman–Crippen MR) is 90.1 cm³/mol. The predicted octanol–water partition coefficient (Wildman–Crippen LogP) is 3.72. The average molecular weight is 307 g/mol. The summed E-state index contributed by atoms with van der Waals surface area (Å²) in [5.74, 6) is -0.376. The quantitative estimate of drug-likeness (QED) is 0.914. The van der Waals surface area contributed by atoms with Gasteiger partial charge in [0, 0.05) is 23.0 Å². The van der Waals surface area contributed by atoms with Crippen LogP contribution >= 0.6 is 0 Å². The molecule has 118 valence electrons. The Morgan fingerprint density at radius 3 is 2.48 bits per heavy atom. The molecule has 4 heteroatoms. The molecule has 4 nitrogen and oxygen atoms in total. The van der Waals surface area contributed by atoms with E-state index in [-0.39, 0.29) is 5.91 Å². The highest BCUT2D eigenvalue weighted by Gasteiger charge is 2.32. The molecule has 1 saturated carbocycles. The molecule has 0 spiro atoms. The van der Waals surface area contributed by atoms with E-state index in [9.17, 15) is 4.79 Å². The number of rotatable bonds is 5. The lowest BCUT2D eigenvalue weighted by atomic mass is 9.97. The van der Waals surface area contributed by atoms with E-state index in [1.807, 2.05) is 19.1 Å². The number of hydrogen-bond donors (Lipinski definition) is 1. The Kier molecular flexibility index (Phi) is 3.96. The smallest absolute Gasteiger partial charge is 0.251 e. The highest BCUT2D eigenvalue weighted by Crippen LogP contribution is 2.43. The van der Waals surface area contributed by atoms with Gasteiger partial charge in [0.1, 0.15) is 0 Å². The van der Waals surface area contributed by atoms with Crippen LogP contribution in [0.15, 0.2) is 24.3 Å². The number of carbonyl (C=O) groups is 1. The van der Waals surface area contributed by atoms with Crippen LogP contribution in [0.1, 0.15) is 59.5 Å². The number of hydrogen-bond acceptors (Lipinski definition) is 2. The summed E-state index contributed by atoms with van der Waals surface area (Å²) in [6.07, 6.45) is 4.26. The van der Waals surface area contributed by atoms with E-state index in [0.717, 1.165) is 42.5 Å². The molecule has 1 amide bonds. The maximum atomic E-state index is 12.1. The van der Waals surface area contributed by atoms with Crippen molar-refractivity contribution in [1.82, 2.24) is 4.57 Å². The van der Waals surface area contributed by atoms with Gasteiger partial charge in [-0.05, 0) is 43.9 Å². The molecule has 0 atom stereocenters. The Morgan fingerprint density at radius 1 is 1.35 bits per heavy atom. The van der Waals surface area contributed by atoms with Crippen molar-refractivity contribution >= 4 is 5.91 Å². The zero-order valence-electron chi connectivity index (χ0n) is 13.6. The van der Waals surface area contributed by atoms with Crippen LogP contribution in [0.5, 0.6) is 0 Å². The fourth-order valence-corrected chi connectivity index (χ4v) is 3.40. The van der Waals surface area contributed by atoms with Crippen LogP contribution in [0, 0.1) is 18.3 Å². The number of benzene rings is 1. The maximum absolute atomic E-state index is 12.1. The van der Waals surface area contributed by atoms with Crippen molar-refractivity contribution in [3.8, 4) is 17.2 Å². The average Bonchev–Trinajstić information content (AvgIpc) is 3.32. The van der Waals surface area contributed by atoms with E-state index in [2.05, 4.69) is 17.6 Å². The monoisotopic (exact) mass is 307 g/mol. The SMILES string of the molecule is CCCc1c(-c2ccc(C#N)cc2)c(C(N)=O)c(C)n1C1CC1. The molecule has 1 aliphatic carbocycles. The molecule has 0 unspecified atom stereocenters. The Labute approximate surface area is 136 Å². The van der Waals surface area contributed by atoms with Crippen LogP contribution in [-0.4, -0.2) is 10.5 Å². The fraction of sp³-hybridized carbons (Fsp3) is 0.368. The molecule has 3 rings (SSSR count). The summed E-state index contributed by atoms with van der Waals surface area (Å²) < 4.78 is 2.32. The Bertz CT molecular complexity index is 790. The van der Waals surface area contributed by atoms with E-state index in [4.69, 9.17) is 11.0 Å². The molecule has 2 aromatic rings. The Balaban J connectivity index is 2.25. The number of amides is 1. The van der Waals surface area contributed by atoms with Crippen molar-refractivity contribution in [3.63, 3.8) is 0 Å². The fourth-order valence-electron chi connectivity index (χ4n) is 3.40. The van der Waals surface area contributed by atoms with E-state index < -0.39 is 0 Å². The van der Waals surface area contributed by atoms with Crippen LogP contribution < -0.4 is 5.73 Å². The summed E-state index contributed by atoms with van der Waals surface area (Å²) in [6.45, 7) is 4.14. The van der Waals surface area contributed by atoms with Crippen LogP contribution in [0.2, 0.25) is 0 Å². The van der Waals surface area contributed by atoms with Gasteiger partial charge < -0.3 is 10.3 Å². The molecule has 23 heavy (non-hydrogen) atoms. The van der Waals surface area contributed by atoms with Crippen molar-refractivity contribution in [2.24, 2.45) is 5.73 Å². The van der Waals surface area contributed by atoms with E-state index in [0.29, 0.717) is 17.2 Å². The highest BCUT2D eigenvalue weighted by molar-refractivity contribution is 6.02. The largest absolute Gasteiger partial charge is 0.366 e. The summed E-state index contributed by atoms with van der Waals surface area (Å²) >= 11 is 0. The third kappa shape index (κ3) is 2.63. The summed E-state index contributed by atoms with van der Waals surface area (Å²) in [5, 5.41) is 8.98. The number of nitrogens with two attached hydrogens (primary N) is 1. The van der Waals surface area contributed by atoms with Gasteiger partial charge in [-0.1, -0.05) is 25.5 Å². The number of primary amides is 1. The molecular formula is C19H21N3O. The van der Waals surface area contributed by atoms with Gasteiger partial charge in [0.2, 0.25) is 0 Å². The first kappa shape index (κ1) is 15.4. The first-order valence-corrected chi connectivity index (χ1v) is 8.12. The second kappa shape index (κ2) is 5.92. The summed E-state index contributed by atoms with van der Waals surface area (Å²) in [6, 6.07) is 10.0. The topological polar surface area (TPSA) is 71.8 Å². The zero-order valence-corrected chi connectivity index (χ0v) is 13.6. The summed E-state index contributed by atoms with van der Waals surface area (Å²) in [7, 11) is 0. The van der Waals surface area contributed by atoms with Gasteiger partial charge in [0.25, 0.3) is 5.91 Å². The van der Waals surface area contributed by atoms with Gasteiger partial charge in [-0.15, -0.1) is 0 Å². The van der Waals surface area contributed by atoms with Crippen LogP contribution in [0.25, 0.3) is 11.1 Å². The second-order valence-electron chi connectivity index (χ2n) is 6.19. The lowest BCUT2D eigenvalue weighted by Gasteiger charge is -2.11. The molecule has 1 aromatic heterocycles. The molecule has 0 saturated heterocycles. The van der Waals surface area contributed by atoms with Crippen molar-refractivity contribution in [1.29, 1.82) is 5.26 Å². The number of nitrogens with zero attached hydrogens (tertiary/aromatic N) is 2. The minimum Gasteiger partial charge on any atom is -0.366 e. The van der Waals surface area contributed by atoms with E-state index in [1.165, 1.54) is 5.69 Å². The van der Waals surface area contributed by atoms with Crippen molar-refractivity contribution in [3.05, 3.63) is 46.8 Å². The van der Waals surface area contributed by atoms with Crippen LogP contribution in [0.3, 0.4) is 0 Å². The lowest BCUT2D eigenvalue weighted by Crippen LogP contribution is -2.13. The summed E-state index contributed by atoms with van der Waals surface area (Å²) in [4.78, 5) is 12.1. The van der Waals surface area contributed by atoms with Crippen LogP contribution in [0.4, 0.5) is 0 Å². The van der Waals surface area contributed by atoms with Gasteiger partial charge >= 0.3 is 0 Å². The first-order valence-electron chi connectivity index (χ1n) is 8.12. The molecule has 1 aromatic carbocycles. The first-order chi connectivity index (χ1) is 11.1. The van der Waals surface area contributed by atoms with Gasteiger partial charge in [-0.3, -0.25) is 4.79 Å². The standard InChI is InChI=1S/C19H21N3O/c1-3-4-16-18(14-7-5-13(11-20)6-8-14)17(19(21)23)12(2)22(16)15-9-10-15/h5-8,15H,3-4,9-10H2,1-2H3,(H2,21,23). The van der Waals surface area contributed by atoms with E-state index in [1.54, 1.807) is 12.1 Å². The zero-order chi connectivity index (χ0) is 16.6. The van der Waals surface area contributed by atoms with Crippen molar-refractivity contribution in [2.75, 3.05) is 0 Å². The normalized spacial score (nSPS) is 13.8. The molecule has 1 aliphatic rings.